The van der Waals surface area contributed by atoms with E-state index in [-0.39, 0.29) is 28.1 Å². The average molecular weight is 710 g/mol. The van der Waals surface area contributed by atoms with Crippen LogP contribution in [0.5, 0.6) is 11.5 Å². The number of hydrogen-bond donors (Lipinski definition) is 2. The lowest BCUT2D eigenvalue weighted by Gasteiger charge is -2.15. The zero-order valence-electron chi connectivity index (χ0n) is 26.9. The highest BCUT2D eigenvalue weighted by Crippen LogP contribution is 2.37. The zero-order valence-corrected chi connectivity index (χ0v) is 27.7. The minimum atomic E-state index is -4.61. The number of aryl methyl sites for hydroxylation is 1. The smallest absolute Gasteiger partial charge is 0.417 e. The number of rotatable bonds is 10. The average Bonchev–Trinajstić information content (AvgIpc) is 3.02. The minimum Gasteiger partial charge on any atom is -0.493 e. The second-order valence-corrected chi connectivity index (χ2v) is 11.1. The highest BCUT2D eigenvalue weighted by molar-refractivity contribution is 6.31. The molecule has 0 heterocycles. The molecule has 2 amide bonds. The lowest BCUT2D eigenvalue weighted by atomic mass is 10.1. The predicted molar refractivity (Wildman–Crippen MR) is 177 cm³/mol. The van der Waals surface area contributed by atoms with Crippen LogP contribution in [-0.2, 0) is 12.4 Å². The Morgan fingerprint density at radius 3 is 1.67 bits per heavy atom. The Kier molecular flexibility index (Phi) is 13.5. The van der Waals surface area contributed by atoms with Crippen molar-refractivity contribution in [1.82, 2.24) is 4.90 Å². The number of alkyl halides is 6. The summed E-state index contributed by atoms with van der Waals surface area (Å²) < 4.78 is 88.5. The van der Waals surface area contributed by atoms with Gasteiger partial charge < -0.3 is 25.0 Å². The van der Waals surface area contributed by atoms with Gasteiger partial charge in [0.1, 0.15) is 18.1 Å². The van der Waals surface area contributed by atoms with Crippen molar-refractivity contribution in [3.8, 4) is 11.5 Å². The Morgan fingerprint density at radius 1 is 0.714 bits per heavy atom. The molecule has 4 rings (SSSR count). The van der Waals surface area contributed by atoms with Crippen LogP contribution < -0.4 is 20.1 Å². The van der Waals surface area contributed by atoms with E-state index in [2.05, 4.69) is 10.6 Å². The van der Waals surface area contributed by atoms with E-state index in [0.717, 1.165) is 18.2 Å². The summed E-state index contributed by atoms with van der Waals surface area (Å²) in [6, 6.07) is 20.0. The number of halogens is 7. The third-order valence-corrected chi connectivity index (χ3v) is 7.02. The first kappa shape index (κ1) is 38.7. The van der Waals surface area contributed by atoms with Gasteiger partial charge in [0.05, 0.1) is 33.9 Å². The first-order valence-electron chi connectivity index (χ1n) is 14.8. The molecule has 7 nitrogen and oxygen atoms in total. The van der Waals surface area contributed by atoms with Crippen molar-refractivity contribution in [2.45, 2.75) is 26.2 Å². The molecule has 0 unspecified atom stereocenters. The van der Waals surface area contributed by atoms with Gasteiger partial charge in [-0.1, -0.05) is 41.9 Å². The van der Waals surface area contributed by atoms with Gasteiger partial charge in [-0.3, -0.25) is 9.59 Å². The van der Waals surface area contributed by atoms with Crippen LogP contribution in [0.3, 0.4) is 0 Å². The van der Waals surface area contributed by atoms with E-state index in [9.17, 15) is 35.9 Å². The van der Waals surface area contributed by atoms with E-state index in [1.54, 1.807) is 55.5 Å². The van der Waals surface area contributed by atoms with E-state index in [1.807, 2.05) is 19.0 Å². The van der Waals surface area contributed by atoms with Crippen LogP contribution in [0.2, 0.25) is 5.02 Å². The van der Waals surface area contributed by atoms with Crippen LogP contribution in [0.15, 0.2) is 84.9 Å². The van der Waals surface area contributed by atoms with E-state index < -0.39 is 40.3 Å². The van der Waals surface area contributed by atoms with Gasteiger partial charge in [-0.05, 0) is 88.1 Å². The van der Waals surface area contributed by atoms with Crippen molar-refractivity contribution in [2.24, 2.45) is 0 Å². The molecule has 0 saturated heterocycles. The first-order valence-corrected chi connectivity index (χ1v) is 15.1. The molecule has 0 radical (unpaired) electrons. The summed E-state index contributed by atoms with van der Waals surface area (Å²) in [5, 5.41) is 4.50. The Hall–Kier alpha value is -4.75. The number of likely N-dealkylation sites (N-methyl/N-ethyl adjacent to an activating group) is 1. The molecule has 0 aliphatic carbocycles. The maximum Gasteiger partial charge on any atom is 0.417 e. The number of carbonyl (C=O) groups is 2. The SMILES string of the molecule is CCOc1ccccc1C(=O)Nc1ccc(C)c(C(F)(F)F)c1.CN(C)CCOc1ccccc1C(=O)Nc1ccc(Cl)c(C(F)(F)F)c1. The van der Waals surface area contributed by atoms with Gasteiger partial charge in [0.25, 0.3) is 11.8 Å². The van der Waals surface area contributed by atoms with Gasteiger partial charge >= 0.3 is 12.4 Å². The second kappa shape index (κ2) is 17.1. The summed E-state index contributed by atoms with van der Waals surface area (Å²) >= 11 is 5.59. The summed E-state index contributed by atoms with van der Waals surface area (Å²) in [4.78, 5) is 26.7. The number of para-hydroxylation sites is 2. The number of hydrogen-bond acceptors (Lipinski definition) is 5. The molecule has 0 spiro atoms. The van der Waals surface area contributed by atoms with Crippen LogP contribution in [0.4, 0.5) is 37.7 Å². The molecule has 14 heteroatoms. The largest absolute Gasteiger partial charge is 0.493 e. The molecule has 4 aromatic carbocycles. The van der Waals surface area contributed by atoms with Crippen molar-refractivity contribution in [2.75, 3.05) is 44.5 Å². The van der Waals surface area contributed by atoms with Crippen molar-refractivity contribution in [3.05, 3.63) is 118 Å². The number of amides is 2. The molecule has 49 heavy (non-hydrogen) atoms. The van der Waals surface area contributed by atoms with Gasteiger partial charge in [-0.2, -0.15) is 26.3 Å². The van der Waals surface area contributed by atoms with Crippen LogP contribution in [0.25, 0.3) is 0 Å². The molecule has 4 aromatic rings. The number of nitrogens with zero attached hydrogens (tertiary/aromatic N) is 1. The summed E-state index contributed by atoms with van der Waals surface area (Å²) in [5.74, 6) is -0.348. The van der Waals surface area contributed by atoms with E-state index in [1.165, 1.54) is 25.1 Å². The van der Waals surface area contributed by atoms with Crippen molar-refractivity contribution in [1.29, 1.82) is 0 Å². The van der Waals surface area contributed by atoms with E-state index in [4.69, 9.17) is 21.1 Å². The Bertz CT molecular complexity index is 1750. The van der Waals surface area contributed by atoms with Crippen molar-refractivity contribution < 1.29 is 45.4 Å². The lowest BCUT2D eigenvalue weighted by Crippen LogP contribution is -2.21. The number of benzene rings is 4. The van der Waals surface area contributed by atoms with Crippen LogP contribution in [-0.4, -0.2) is 50.6 Å². The van der Waals surface area contributed by atoms with Crippen LogP contribution in [0, 0.1) is 6.92 Å². The standard InChI is InChI=1S/C18H18ClF3N2O2.C17H16F3NO2/c1-24(2)9-10-26-16-6-4-3-5-13(16)17(25)23-12-7-8-15(19)14(11-12)18(20,21)22;1-3-23-15-7-5-4-6-13(15)16(22)21-12-9-8-11(2)14(10-12)17(18,19)20/h3-8,11H,9-10H2,1-2H3,(H,23,25);4-10H,3H2,1-2H3,(H,21,22). The Balaban J connectivity index is 0.000000267. The minimum absolute atomic E-state index is 0.00480. The molecular formula is C35H34ClF6N3O4. The van der Waals surface area contributed by atoms with E-state index in [0.29, 0.717) is 31.3 Å². The van der Waals surface area contributed by atoms with Gasteiger partial charge in [0.2, 0.25) is 0 Å². The van der Waals surface area contributed by atoms with Crippen LogP contribution >= 0.6 is 11.6 Å². The summed E-state index contributed by atoms with van der Waals surface area (Å²) in [5.41, 5.74) is -1.10. The third-order valence-electron chi connectivity index (χ3n) is 6.69. The molecule has 2 N–H and O–H groups in total. The zero-order chi connectivity index (χ0) is 36.4. The highest BCUT2D eigenvalue weighted by atomic mass is 35.5. The maximum atomic E-state index is 12.9. The third kappa shape index (κ3) is 11.4. The van der Waals surface area contributed by atoms with Crippen LogP contribution in [0.1, 0.15) is 44.3 Å². The molecule has 0 bridgehead atoms. The van der Waals surface area contributed by atoms with E-state index >= 15 is 0 Å². The molecule has 0 atom stereocenters. The van der Waals surface area contributed by atoms with Gasteiger partial charge in [0, 0.05) is 17.9 Å². The monoisotopic (exact) mass is 709 g/mol. The fourth-order valence-electron chi connectivity index (χ4n) is 4.28. The number of ether oxygens (including phenoxy) is 2. The number of carbonyl (C=O) groups excluding carboxylic acids is 2. The van der Waals surface area contributed by atoms with Gasteiger partial charge in [0.15, 0.2) is 0 Å². The number of nitrogens with one attached hydrogen (secondary N) is 2. The predicted octanol–water partition coefficient (Wildman–Crippen LogP) is 9.22. The molecule has 0 aromatic heterocycles. The summed E-state index contributed by atoms with van der Waals surface area (Å²) in [6.07, 6.45) is -9.07. The van der Waals surface area contributed by atoms with Gasteiger partial charge in [-0.15, -0.1) is 0 Å². The first-order chi connectivity index (χ1) is 23.0. The topological polar surface area (TPSA) is 79.9 Å². The molecule has 262 valence electrons. The number of anilines is 2. The molecule has 0 aliphatic heterocycles. The quantitative estimate of drug-likeness (QED) is 0.161. The molecule has 0 saturated carbocycles. The lowest BCUT2D eigenvalue weighted by molar-refractivity contribution is -0.138. The highest BCUT2D eigenvalue weighted by Gasteiger charge is 2.34. The van der Waals surface area contributed by atoms with Crippen molar-refractivity contribution >= 4 is 34.8 Å². The Labute approximate surface area is 284 Å². The van der Waals surface area contributed by atoms with Gasteiger partial charge in [-0.25, -0.2) is 0 Å². The molecule has 0 aliphatic rings. The second-order valence-electron chi connectivity index (χ2n) is 10.7. The molecule has 0 fully saturated rings. The fraction of sp³-hybridized carbons (Fsp3) is 0.257. The normalized spacial score (nSPS) is 11.3. The fourth-order valence-corrected chi connectivity index (χ4v) is 4.50. The summed E-state index contributed by atoms with van der Waals surface area (Å²) in [6.45, 7) is 4.56. The maximum absolute atomic E-state index is 12.9. The van der Waals surface area contributed by atoms with Crippen molar-refractivity contribution in [3.63, 3.8) is 0 Å². The Morgan fingerprint density at radius 2 is 1.18 bits per heavy atom. The molecular weight excluding hydrogens is 676 g/mol. The summed E-state index contributed by atoms with van der Waals surface area (Å²) in [7, 11) is 3.78.